The smallest absolute Gasteiger partial charge is 0.123 e. The molecule has 2 aromatic rings. The number of aromatic nitrogens is 1. The second-order valence-electron chi connectivity index (χ2n) is 4.00. The number of nitrogens with two attached hydrogens (primary N) is 1. The Kier molecular flexibility index (Phi) is 3.60. The fourth-order valence-corrected chi connectivity index (χ4v) is 1.61. The Bertz CT molecular complexity index is 460. The summed E-state index contributed by atoms with van der Waals surface area (Å²) in [6.45, 7) is 2.96. The molecule has 0 aliphatic heterocycles. The first kappa shape index (κ1) is 11.5. The van der Waals surface area contributed by atoms with Crippen LogP contribution in [0.3, 0.4) is 0 Å². The molecule has 3 heteroatoms. The summed E-state index contributed by atoms with van der Waals surface area (Å²) in [5.41, 5.74) is 9.14. The third kappa shape index (κ3) is 3.21. The number of aryl methyl sites for hydroxylation is 1. The number of nitrogens with one attached hydrogen (secondary N) is 1. The van der Waals surface area contributed by atoms with Crippen molar-refractivity contribution in [3.05, 3.63) is 53.7 Å². The molecule has 0 aliphatic carbocycles. The van der Waals surface area contributed by atoms with Gasteiger partial charge in [-0.2, -0.15) is 0 Å². The SMILES string of the molecule is CCc1ccc(CNc2ccc(N)nc2)cc1. The number of pyridine rings is 1. The van der Waals surface area contributed by atoms with Crippen molar-refractivity contribution in [2.75, 3.05) is 11.1 Å². The molecule has 0 radical (unpaired) electrons. The molecule has 0 saturated carbocycles. The van der Waals surface area contributed by atoms with Crippen LogP contribution in [0.5, 0.6) is 0 Å². The van der Waals surface area contributed by atoms with Crippen LogP contribution in [-0.2, 0) is 13.0 Å². The molecule has 1 aromatic carbocycles. The third-order valence-electron chi connectivity index (χ3n) is 2.71. The van der Waals surface area contributed by atoms with Crippen molar-refractivity contribution in [3.8, 4) is 0 Å². The minimum atomic E-state index is 0.544. The molecule has 0 atom stereocenters. The van der Waals surface area contributed by atoms with E-state index in [1.165, 1.54) is 11.1 Å². The van der Waals surface area contributed by atoms with E-state index in [4.69, 9.17) is 5.73 Å². The molecule has 0 spiro atoms. The Morgan fingerprint density at radius 3 is 2.35 bits per heavy atom. The van der Waals surface area contributed by atoms with Gasteiger partial charge in [0.05, 0.1) is 11.9 Å². The molecule has 3 nitrogen and oxygen atoms in total. The zero-order valence-corrected chi connectivity index (χ0v) is 9.98. The van der Waals surface area contributed by atoms with Crippen LogP contribution in [0.4, 0.5) is 11.5 Å². The maximum atomic E-state index is 5.53. The van der Waals surface area contributed by atoms with Crippen molar-refractivity contribution in [2.24, 2.45) is 0 Å². The topological polar surface area (TPSA) is 50.9 Å². The van der Waals surface area contributed by atoms with Gasteiger partial charge in [-0.15, -0.1) is 0 Å². The highest BCUT2D eigenvalue weighted by Crippen LogP contribution is 2.10. The molecule has 0 saturated heterocycles. The van der Waals surface area contributed by atoms with Crippen LogP contribution in [0.25, 0.3) is 0 Å². The van der Waals surface area contributed by atoms with Crippen molar-refractivity contribution < 1.29 is 0 Å². The van der Waals surface area contributed by atoms with E-state index in [2.05, 4.69) is 41.5 Å². The van der Waals surface area contributed by atoms with E-state index in [1.807, 2.05) is 6.07 Å². The number of anilines is 2. The second kappa shape index (κ2) is 5.34. The fraction of sp³-hybridized carbons (Fsp3) is 0.214. The lowest BCUT2D eigenvalue weighted by atomic mass is 10.1. The largest absolute Gasteiger partial charge is 0.384 e. The lowest BCUT2D eigenvalue weighted by molar-refractivity contribution is 1.10. The third-order valence-corrected chi connectivity index (χ3v) is 2.71. The zero-order valence-electron chi connectivity index (χ0n) is 9.98. The maximum Gasteiger partial charge on any atom is 0.123 e. The number of benzene rings is 1. The van der Waals surface area contributed by atoms with E-state index >= 15 is 0 Å². The van der Waals surface area contributed by atoms with Crippen LogP contribution in [0.2, 0.25) is 0 Å². The molecule has 0 amide bonds. The van der Waals surface area contributed by atoms with Gasteiger partial charge in [0.1, 0.15) is 5.82 Å². The summed E-state index contributed by atoms with van der Waals surface area (Å²) < 4.78 is 0. The highest BCUT2D eigenvalue weighted by atomic mass is 14.9. The fourth-order valence-electron chi connectivity index (χ4n) is 1.61. The van der Waals surface area contributed by atoms with E-state index in [9.17, 15) is 0 Å². The summed E-state index contributed by atoms with van der Waals surface area (Å²) in [7, 11) is 0. The Balaban J connectivity index is 1.95. The van der Waals surface area contributed by atoms with Gasteiger partial charge in [0.25, 0.3) is 0 Å². The summed E-state index contributed by atoms with van der Waals surface area (Å²) in [6, 6.07) is 12.4. The molecule has 2 rings (SSSR count). The average molecular weight is 227 g/mol. The van der Waals surface area contributed by atoms with Gasteiger partial charge in [0, 0.05) is 6.54 Å². The lowest BCUT2D eigenvalue weighted by Gasteiger charge is -2.06. The first-order valence-corrected chi connectivity index (χ1v) is 5.81. The first-order chi connectivity index (χ1) is 8.28. The van der Waals surface area contributed by atoms with Gasteiger partial charge in [-0.1, -0.05) is 31.2 Å². The summed E-state index contributed by atoms with van der Waals surface area (Å²) in [5.74, 6) is 0.544. The van der Waals surface area contributed by atoms with Crippen molar-refractivity contribution in [2.45, 2.75) is 19.9 Å². The number of rotatable bonds is 4. The van der Waals surface area contributed by atoms with Gasteiger partial charge in [-0.05, 0) is 29.7 Å². The van der Waals surface area contributed by atoms with Crippen molar-refractivity contribution >= 4 is 11.5 Å². The van der Waals surface area contributed by atoms with E-state index < -0.39 is 0 Å². The average Bonchev–Trinajstić information content (AvgIpc) is 2.39. The van der Waals surface area contributed by atoms with Gasteiger partial charge in [0.15, 0.2) is 0 Å². The molecular weight excluding hydrogens is 210 g/mol. The maximum absolute atomic E-state index is 5.53. The van der Waals surface area contributed by atoms with Crippen molar-refractivity contribution in [1.29, 1.82) is 0 Å². The van der Waals surface area contributed by atoms with Gasteiger partial charge in [0.2, 0.25) is 0 Å². The predicted molar refractivity (Wildman–Crippen MR) is 71.8 cm³/mol. The second-order valence-corrected chi connectivity index (χ2v) is 4.00. The van der Waals surface area contributed by atoms with E-state index in [-0.39, 0.29) is 0 Å². The van der Waals surface area contributed by atoms with E-state index in [0.717, 1.165) is 18.7 Å². The van der Waals surface area contributed by atoms with Crippen molar-refractivity contribution in [1.82, 2.24) is 4.98 Å². The number of hydrogen-bond acceptors (Lipinski definition) is 3. The molecule has 1 aromatic heterocycles. The van der Waals surface area contributed by atoms with Crippen LogP contribution in [-0.4, -0.2) is 4.98 Å². The Labute approximate surface area is 102 Å². The number of hydrogen-bond donors (Lipinski definition) is 2. The van der Waals surface area contributed by atoms with Gasteiger partial charge in [-0.3, -0.25) is 0 Å². The van der Waals surface area contributed by atoms with Gasteiger partial charge in [-0.25, -0.2) is 4.98 Å². The minimum Gasteiger partial charge on any atom is -0.384 e. The molecule has 3 N–H and O–H groups in total. The molecule has 0 unspecified atom stereocenters. The van der Waals surface area contributed by atoms with Crippen molar-refractivity contribution in [3.63, 3.8) is 0 Å². The minimum absolute atomic E-state index is 0.544. The summed E-state index contributed by atoms with van der Waals surface area (Å²) >= 11 is 0. The number of nitrogen functional groups attached to an aromatic ring is 1. The molecular formula is C14H17N3. The Morgan fingerprint density at radius 1 is 1.06 bits per heavy atom. The predicted octanol–water partition coefficient (Wildman–Crippen LogP) is 2.84. The summed E-state index contributed by atoms with van der Waals surface area (Å²) in [6.07, 6.45) is 2.82. The first-order valence-electron chi connectivity index (χ1n) is 5.81. The molecule has 0 bridgehead atoms. The summed E-state index contributed by atoms with van der Waals surface area (Å²) in [4.78, 5) is 4.03. The van der Waals surface area contributed by atoms with Crippen LogP contribution in [0.15, 0.2) is 42.6 Å². The molecule has 0 aliphatic rings. The van der Waals surface area contributed by atoms with Gasteiger partial charge < -0.3 is 11.1 Å². The summed E-state index contributed by atoms with van der Waals surface area (Å²) in [5, 5.41) is 3.31. The zero-order chi connectivity index (χ0) is 12.1. The monoisotopic (exact) mass is 227 g/mol. The molecule has 1 heterocycles. The van der Waals surface area contributed by atoms with Gasteiger partial charge >= 0.3 is 0 Å². The normalized spacial score (nSPS) is 10.2. The van der Waals surface area contributed by atoms with Crippen LogP contribution in [0, 0.1) is 0 Å². The lowest BCUT2D eigenvalue weighted by Crippen LogP contribution is -2.00. The van der Waals surface area contributed by atoms with Crippen LogP contribution in [0.1, 0.15) is 18.1 Å². The van der Waals surface area contributed by atoms with E-state index in [0.29, 0.717) is 5.82 Å². The molecule has 17 heavy (non-hydrogen) atoms. The quantitative estimate of drug-likeness (QED) is 0.844. The highest BCUT2D eigenvalue weighted by molar-refractivity contribution is 5.45. The Hall–Kier alpha value is -2.03. The van der Waals surface area contributed by atoms with Crippen LogP contribution >= 0.6 is 0 Å². The molecule has 88 valence electrons. The highest BCUT2D eigenvalue weighted by Gasteiger charge is 1.95. The number of nitrogens with zero attached hydrogens (tertiary/aromatic N) is 1. The van der Waals surface area contributed by atoms with E-state index in [1.54, 1.807) is 12.3 Å². The molecule has 0 fully saturated rings. The van der Waals surface area contributed by atoms with Crippen LogP contribution < -0.4 is 11.1 Å². The standard InChI is InChI=1S/C14H17N3/c1-2-11-3-5-12(6-4-11)9-16-13-7-8-14(15)17-10-13/h3-8,10,16H,2,9H2,1H3,(H2,15,17). The Morgan fingerprint density at radius 2 is 1.76 bits per heavy atom.